The van der Waals surface area contributed by atoms with Crippen LogP contribution < -0.4 is 11.1 Å². The lowest BCUT2D eigenvalue weighted by Crippen LogP contribution is -2.15. The Bertz CT molecular complexity index is 419. The highest BCUT2D eigenvalue weighted by molar-refractivity contribution is 5.94. The maximum Gasteiger partial charge on any atom is 0.337 e. The van der Waals surface area contributed by atoms with Crippen LogP contribution in [-0.2, 0) is 0 Å². The van der Waals surface area contributed by atoms with Gasteiger partial charge in [0.1, 0.15) is 0 Å². The molecule has 16 heavy (non-hydrogen) atoms. The van der Waals surface area contributed by atoms with Gasteiger partial charge in [-0.15, -0.1) is 0 Å². The maximum absolute atomic E-state index is 10.8. The van der Waals surface area contributed by atoms with Gasteiger partial charge in [-0.3, -0.25) is 10.1 Å². The number of benzene rings is 1. The predicted octanol–water partition coefficient (Wildman–Crippen LogP) is 0.664. The molecule has 0 saturated carbocycles. The molecule has 0 atom stereocenters. The molecule has 0 bridgehead atoms. The van der Waals surface area contributed by atoms with E-state index >= 15 is 0 Å². The number of nitrogens with one attached hydrogen (secondary N) is 1. The molecule has 0 unspecified atom stereocenters. The molecular formula is C9H11N3O4. The number of carboxylic acids is 1. The van der Waals surface area contributed by atoms with Gasteiger partial charge in [-0.05, 0) is 6.07 Å². The zero-order valence-corrected chi connectivity index (χ0v) is 8.34. The molecule has 0 aliphatic carbocycles. The van der Waals surface area contributed by atoms with Gasteiger partial charge in [-0.1, -0.05) is 0 Å². The molecule has 0 amide bonds. The Hall–Kier alpha value is -2.15. The second kappa shape index (κ2) is 5.08. The molecule has 0 aliphatic rings. The van der Waals surface area contributed by atoms with Crippen LogP contribution >= 0.6 is 0 Å². The summed E-state index contributed by atoms with van der Waals surface area (Å²) in [6, 6.07) is 3.52. The van der Waals surface area contributed by atoms with Crippen molar-refractivity contribution >= 4 is 17.3 Å². The van der Waals surface area contributed by atoms with Crippen molar-refractivity contribution in [2.45, 2.75) is 0 Å². The van der Waals surface area contributed by atoms with E-state index in [1.807, 2.05) is 0 Å². The number of anilines is 1. The van der Waals surface area contributed by atoms with E-state index in [0.29, 0.717) is 13.1 Å². The normalized spacial score (nSPS) is 9.81. The molecule has 0 radical (unpaired) electrons. The molecule has 0 aliphatic heterocycles. The predicted molar refractivity (Wildman–Crippen MR) is 57.6 cm³/mol. The minimum Gasteiger partial charge on any atom is -0.478 e. The Morgan fingerprint density at radius 1 is 1.56 bits per heavy atom. The Balaban J connectivity index is 3.10. The number of carbonyl (C=O) groups is 1. The Morgan fingerprint density at radius 3 is 2.75 bits per heavy atom. The first-order chi connectivity index (χ1) is 7.56. The second-order valence-electron chi connectivity index (χ2n) is 3.01. The molecule has 4 N–H and O–H groups in total. The van der Waals surface area contributed by atoms with Crippen molar-refractivity contribution in [2.24, 2.45) is 5.73 Å². The minimum absolute atomic E-state index is 0.0148. The van der Waals surface area contributed by atoms with Crippen molar-refractivity contribution in [2.75, 3.05) is 18.4 Å². The molecule has 0 fully saturated rings. The summed E-state index contributed by atoms with van der Waals surface area (Å²) in [4.78, 5) is 20.8. The van der Waals surface area contributed by atoms with Gasteiger partial charge in [0.15, 0.2) is 0 Å². The van der Waals surface area contributed by atoms with E-state index in [-0.39, 0.29) is 16.9 Å². The fraction of sp³-hybridized carbons (Fsp3) is 0.222. The summed E-state index contributed by atoms with van der Waals surface area (Å²) in [6.07, 6.45) is 0. The number of rotatable bonds is 5. The van der Waals surface area contributed by atoms with E-state index < -0.39 is 10.9 Å². The molecule has 1 aromatic rings. The smallest absolute Gasteiger partial charge is 0.337 e. The Morgan fingerprint density at radius 2 is 2.25 bits per heavy atom. The van der Waals surface area contributed by atoms with Gasteiger partial charge >= 0.3 is 5.97 Å². The average Bonchev–Trinajstić information content (AvgIpc) is 2.25. The van der Waals surface area contributed by atoms with Gasteiger partial charge < -0.3 is 16.2 Å². The topological polar surface area (TPSA) is 118 Å². The summed E-state index contributed by atoms with van der Waals surface area (Å²) < 4.78 is 0. The van der Waals surface area contributed by atoms with Gasteiger partial charge in [0.2, 0.25) is 0 Å². The molecular weight excluding hydrogens is 214 g/mol. The van der Waals surface area contributed by atoms with Gasteiger partial charge in [0.25, 0.3) is 5.69 Å². The fourth-order valence-corrected chi connectivity index (χ4v) is 1.19. The van der Waals surface area contributed by atoms with Crippen molar-refractivity contribution in [3.05, 3.63) is 33.9 Å². The molecule has 7 nitrogen and oxygen atoms in total. The van der Waals surface area contributed by atoms with Crippen molar-refractivity contribution < 1.29 is 14.8 Å². The van der Waals surface area contributed by atoms with Crippen LogP contribution in [0.2, 0.25) is 0 Å². The molecule has 1 aromatic carbocycles. The third-order valence-electron chi connectivity index (χ3n) is 1.90. The molecule has 0 saturated heterocycles. The Labute approximate surface area is 91.0 Å². The summed E-state index contributed by atoms with van der Waals surface area (Å²) in [5.41, 5.74) is 5.28. The van der Waals surface area contributed by atoms with Crippen molar-refractivity contribution in [3.8, 4) is 0 Å². The van der Waals surface area contributed by atoms with Crippen LogP contribution in [0.5, 0.6) is 0 Å². The third-order valence-corrected chi connectivity index (χ3v) is 1.90. The Kier molecular flexibility index (Phi) is 3.78. The summed E-state index contributed by atoms with van der Waals surface area (Å²) in [5, 5.41) is 22.1. The summed E-state index contributed by atoms with van der Waals surface area (Å²) in [5.74, 6) is -1.14. The van der Waals surface area contributed by atoms with Crippen molar-refractivity contribution in [3.63, 3.8) is 0 Å². The largest absolute Gasteiger partial charge is 0.478 e. The number of nitrogens with zero attached hydrogens (tertiary/aromatic N) is 1. The standard InChI is InChI=1S/C9H11N3O4/c10-3-4-11-8-5-6(12(15)16)1-2-7(8)9(13)14/h1-2,5,11H,3-4,10H2,(H,13,14). The molecule has 86 valence electrons. The quantitative estimate of drug-likeness (QED) is 0.500. The number of non-ortho nitro benzene ring substituents is 1. The summed E-state index contributed by atoms with van der Waals surface area (Å²) in [6.45, 7) is 0.656. The number of aromatic carboxylic acids is 1. The van der Waals surface area contributed by atoms with Crippen molar-refractivity contribution in [1.29, 1.82) is 0 Å². The molecule has 0 aromatic heterocycles. The lowest BCUT2D eigenvalue weighted by molar-refractivity contribution is -0.384. The van der Waals surface area contributed by atoms with Crippen LogP contribution in [0.25, 0.3) is 0 Å². The monoisotopic (exact) mass is 225 g/mol. The van der Waals surface area contributed by atoms with E-state index in [1.54, 1.807) is 0 Å². The molecule has 0 spiro atoms. The first-order valence-electron chi connectivity index (χ1n) is 4.52. The number of hydrogen-bond acceptors (Lipinski definition) is 5. The number of carboxylic acid groups (broad SMARTS) is 1. The third kappa shape index (κ3) is 2.67. The van der Waals surface area contributed by atoms with Crippen LogP contribution in [0.4, 0.5) is 11.4 Å². The van der Waals surface area contributed by atoms with E-state index in [4.69, 9.17) is 10.8 Å². The van der Waals surface area contributed by atoms with Crippen molar-refractivity contribution in [1.82, 2.24) is 0 Å². The van der Waals surface area contributed by atoms with Crippen LogP contribution in [0.3, 0.4) is 0 Å². The maximum atomic E-state index is 10.8. The molecule has 0 heterocycles. The summed E-state index contributed by atoms with van der Waals surface area (Å²) in [7, 11) is 0. The second-order valence-corrected chi connectivity index (χ2v) is 3.01. The number of nitro groups is 1. The first kappa shape index (κ1) is 11.9. The van der Waals surface area contributed by atoms with Gasteiger partial charge in [-0.2, -0.15) is 0 Å². The van der Waals surface area contributed by atoms with E-state index in [9.17, 15) is 14.9 Å². The van der Waals surface area contributed by atoms with E-state index in [0.717, 1.165) is 6.07 Å². The van der Waals surface area contributed by atoms with Gasteiger partial charge in [-0.25, -0.2) is 4.79 Å². The summed E-state index contributed by atoms with van der Waals surface area (Å²) >= 11 is 0. The van der Waals surface area contributed by atoms with Gasteiger partial charge in [0, 0.05) is 25.2 Å². The minimum atomic E-state index is -1.14. The number of nitro benzene ring substituents is 1. The SMILES string of the molecule is NCCNc1cc([N+](=O)[O-])ccc1C(=O)O. The van der Waals surface area contributed by atoms with E-state index in [2.05, 4.69) is 5.32 Å². The van der Waals surface area contributed by atoms with E-state index in [1.165, 1.54) is 12.1 Å². The number of hydrogen-bond donors (Lipinski definition) is 3. The number of nitrogens with two attached hydrogens (primary N) is 1. The highest BCUT2D eigenvalue weighted by Crippen LogP contribution is 2.22. The average molecular weight is 225 g/mol. The van der Waals surface area contributed by atoms with Crippen LogP contribution in [0.15, 0.2) is 18.2 Å². The molecule has 7 heteroatoms. The highest BCUT2D eigenvalue weighted by atomic mass is 16.6. The fourth-order valence-electron chi connectivity index (χ4n) is 1.19. The molecule has 1 rings (SSSR count). The lowest BCUT2D eigenvalue weighted by atomic mass is 10.1. The lowest BCUT2D eigenvalue weighted by Gasteiger charge is -2.07. The van der Waals surface area contributed by atoms with Crippen LogP contribution in [0.1, 0.15) is 10.4 Å². The zero-order chi connectivity index (χ0) is 12.1. The van der Waals surface area contributed by atoms with Crippen LogP contribution in [0, 0.1) is 10.1 Å². The highest BCUT2D eigenvalue weighted by Gasteiger charge is 2.14. The zero-order valence-electron chi connectivity index (χ0n) is 8.34. The van der Waals surface area contributed by atoms with Gasteiger partial charge in [0.05, 0.1) is 16.2 Å². The first-order valence-corrected chi connectivity index (χ1v) is 4.52. The van der Waals surface area contributed by atoms with Crippen LogP contribution in [-0.4, -0.2) is 29.1 Å².